The van der Waals surface area contributed by atoms with E-state index in [-0.39, 0.29) is 25.0 Å². The molecule has 202 valence electrons. The summed E-state index contributed by atoms with van der Waals surface area (Å²) in [6.07, 6.45) is 4.76. The summed E-state index contributed by atoms with van der Waals surface area (Å²) >= 11 is 4.15. The average Bonchev–Trinajstić information content (AvgIpc) is 3.39. The number of carboxylic acids is 1. The molecule has 0 fully saturated rings. The number of thiol groups is 1. The summed E-state index contributed by atoms with van der Waals surface area (Å²) in [7, 11) is 0. The number of nitrogens with one attached hydrogen (secondary N) is 4. The van der Waals surface area contributed by atoms with Crippen molar-refractivity contribution in [3.05, 3.63) is 54.1 Å². The quantitative estimate of drug-likeness (QED) is 0.100. The molecule has 13 heteroatoms. The van der Waals surface area contributed by atoms with Crippen LogP contribution in [0.2, 0.25) is 0 Å². The van der Waals surface area contributed by atoms with Crippen LogP contribution in [0, 0.1) is 0 Å². The molecule has 1 heterocycles. The Hall–Kier alpha value is -3.42. The minimum Gasteiger partial charge on any atom is -0.480 e. The van der Waals surface area contributed by atoms with Crippen LogP contribution in [-0.4, -0.2) is 75.2 Å². The number of carbonyl (C=O) groups is 4. The molecule has 9 N–H and O–H groups in total. The Morgan fingerprint density at radius 3 is 2.19 bits per heavy atom. The van der Waals surface area contributed by atoms with Crippen LogP contribution in [0.4, 0.5) is 0 Å². The zero-order valence-corrected chi connectivity index (χ0v) is 21.3. The number of carbonyl (C=O) groups excluding carboxylic acids is 3. The molecule has 2 rings (SSSR count). The fourth-order valence-electron chi connectivity index (χ4n) is 3.55. The number of hydrogen-bond acceptors (Lipinski definition) is 8. The lowest BCUT2D eigenvalue weighted by molar-refractivity contribution is -0.142. The Kier molecular flexibility index (Phi) is 12.6. The SMILES string of the molecule is NCCCCC(NC(=O)C(N)Cc1cnc[nH]1)C(=O)NC(CS)C(=O)NC(Cc1ccccc1)C(=O)O. The lowest BCUT2D eigenvalue weighted by atomic mass is 10.1. The van der Waals surface area contributed by atoms with Gasteiger partial charge in [-0.15, -0.1) is 0 Å². The number of imidazole rings is 1. The number of hydrogen-bond donors (Lipinski definition) is 8. The van der Waals surface area contributed by atoms with Crippen molar-refractivity contribution in [1.29, 1.82) is 0 Å². The van der Waals surface area contributed by atoms with Gasteiger partial charge in [0.05, 0.1) is 12.4 Å². The fraction of sp³-hybridized carbons (Fsp3) is 0.458. The molecule has 37 heavy (non-hydrogen) atoms. The largest absolute Gasteiger partial charge is 0.480 e. The highest BCUT2D eigenvalue weighted by Gasteiger charge is 2.29. The van der Waals surface area contributed by atoms with Crippen molar-refractivity contribution in [3.63, 3.8) is 0 Å². The Balaban J connectivity index is 2.03. The highest BCUT2D eigenvalue weighted by molar-refractivity contribution is 7.80. The first-order chi connectivity index (χ1) is 17.7. The Bertz CT molecular complexity index is 1010. The summed E-state index contributed by atoms with van der Waals surface area (Å²) in [5.74, 6) is -3.14. The van der Waals surface area contributed by atoms with E-state index in [2.05, 4.69) is 38.5 Å². The van der Waals surface area contributed by atoms with Crippen LogP contribution < -0.4 is 27.4 Å². The first-order valence-corrected chi connectivity index (χ1v) is 12.6. The molecule has 0 aliphatic carbocycles. The normalized spacial score (nSPS) is 14.1. The molecule has 2 aromatic rings. The van der Waals surface area contributed by atoms with E-state index in [9.17, 15) is 24.3 Å². The van der Waals surface area contributed by atoms with E-state index in [0.717, 1.165) is 5.56 Å². The van der Waals surface area contributed by atoms with E-state index in [0.29, 0.717) is 25.1 Å². The van der Waals surface area contributed by atoms with Crippen molar-refractivity contribution < 1.29 is 24.3 Å². The van der Waals surface area contributed by atoms with Gasteiger partial charge in [0, 0.05) is 30.5 Å². The van der Waals surface area contributed by atoms with Gasteiger partial charge in [0.2, 0.25) is 17.7 Å². The van der Waals surface area contributed by atoms with E-state index in [1.54, 1.807) is 36.5 Å². The lowest BCUT2D eigenvalue weighted by Gasteiger charge is -2.24. The van der Waals surface area contributed by atoms with E-state index in [1.165, 1.54) is 6.33 Å². The van der Waals surface area contributed by atoms with E-state index < -0.39 is 47.9 Å². The van der Waals surface area contributed by atoms with Crippen LogP contribution in [-0.2, 0) is 32.0 Å². The molecule has 0 aliphatic rings. The Labute approximate surface area is 220 Å². The predicted octanol–water partition coefficient (Wildman–Crippen LogP) is -0.880. The van der Waals surface area contributed by atoms with Crippen LogP contribution in [0.1, 0.15) is 30.5 Å². The average molecular weight is 534 g/mol. The van der Waals surface area contributed by atoms with Crippen LogP contribution in [0.3, 0.4) is 0 Å². The molecule has 4 atom stereocenters. The second-order valence-electron chi connectivity index (χ2n) is 8.57. The lowest BCUT2D eigenvalue weighted by Crippen LogP contribution is -2.58. The molecule has 0 saturated heterocycles. The number of amides is 3. The maximum atomic E-state index is 13.1. The predicted molar refractivity (Wildman–Crippen MR) is 141 cm³/mol. The van der Waals surface area contributed by atoms with Gasteiger partial charge < -0.3 is 37.5 Å². The molecule has 0 aliphatic heterocycles. The van der Waals surface area contributed by atoms with Crippen molar-refractivity contribution in [2.75, 3.05) is 12.3 Å². The molecule has 4 unspecified atom stereocenters. The number of nitrogens with zero attached hydrogens (tertiary/aromatic N) is 1. The van der Waals surface area contributed by atoms with Crippen molar-refractivity contribution >= 4 is 36.3 Å². The monoisotopic (exact) mass is 533 g/mol. The van der Waals surface area contributed by atoms with Crippen molar-refractivity contribution in [2.45, 2.75) is 56.3 Å². The molecule has 0 spiro atoms. The number of benzene rings is 1. The van der Waals surface area contributed by atoms with E-state index >= 15 is 0 Å². The molecule has 0 radical (unpaired) electrons. The maximum Gasteiger partial charge on any atom is 0.326 e. The number of aromatic amines is 1. The molecule has 0 bridgehead atoms. The van der Waals surface area contributed by atoms with Gasteiger partial charge in [0.15, 0.2) is 0 Å². The minimum absolute atomic E-state index is 0.0706. The highest BCUT2D eigenvalue weighted by atomic mass is 32.1. The Morgan fingerprint density at radius 2 is 1.59 bits per heavy atom. The third-order valence-corrected chi connectivity index (χ3v) is 5.99. The van der Waals surface area contributed by atoms with Gasteiger partial charge in [-0.3, -0.25) is 14.4 Å². The van der Waals surface area contributed by atoms with Crippen LogP contribution in [0.25, 0.3) is 0 Å². The van der Waals surface area contributed by atoms with Gasteiger partial charge in [-0.05, 0) is 31.4 Å². The second-order valence-corrected chi connectivity index (χ2v) is 8.93. The summed E-state index contributed by atoms with van der Waals surface area (Å²) in [6.45, 7) is 0.418. The topological polar surface area (TPSA) is 205 Å². The number of nitrogens with two attached hydrogens (primary N) is 2. The molecular weight excluding hydrogens is 498 g/mol. The first-order valence-electron chi connectivity index (χ1n) is 12.0. The van der Waals surface area contributed by atoms with E-state index in [4.69, 9.17) is 11.5 Å². The molecule has 3 amide bonds. The number of aliphatic carboxylic acids is 1. The summed E-state index contributed by atoms with van der Waals surface area (Å²) in [5.41, 5.74) is 12.9. The molecule has 1 aromatic heterocycles. The smallest absolute Gasteiger partial charge is 0.326 e. The summed E-state index contributed by atoms with van der Waals surface area (Å²) in [4.78, 5) is 57.0. The van der Waals surface area contributed by atoms with Crippen molar-refractivity contribution in [2.24, 2.45) is 11.5 Å². The summed E-state index contributed by atoms with van der Waals surface area (Å²) in [6, 6.07) is 4.63. The third kappa shape index (κ3) is 10.2. The number of carboxylic acid groups (broad SMARTS) is 1. The van der Waals surface area contributed by atoms with Gasteiger partial charge in [0.1, 0.15) is 18.1 Å². The number of aromatic nitrogens is 2. The highest BCUT2D eigenvalue weighted by Crippen LogP contribution is 2.06. The van der Waals surface area contributed by atoms with E-state index in [1.807, 2.05) is 0 Å². The summed E-state index contributed by atoms with van der Waals surface area (Å²) < 4.78 is 0. The zero-order chi connectivity index (χ0) is 27.2. The van der Waals surface area contributed by atoms with Crippen LogP contribution >= 0.6 is 12.6 Å². The van der Waals surface area contributed by atoms with Gasteiger partial charge in [0.25, 0.3) is 0 Å². The second kappa shape index (κ2) is 15.6. The maximum absolute atomic E-state index is 13.1. The van der Waals surface area contributed by atoms with Crippen LogP contribution in [0.15, 0.2) is 42.9 Å². The molecule has 1 aromatic carbocycles. The third-order valence-electron chi connectivity index (χ3n) is 5.62. The fourth-order valence-corrected chi connectivity index (χ4v) is 3.81. The minimum atomic E-state index is -1.21. The van der Waals surface area contributed by atoms with Gasteiger partial charge in [-0.2, -0.15) is 12.6 Å². The summed E-state index contributed by atoms with van der Waals surface area (Å²) in [5, 5.41) is 17.2. The molecule has 12 nitrogen and oxygen atoms in total. The van der Waals surface area contributed by atoms with Crippen LogP contribution in [0.5, 0.6) is 0 Å². The standard InChI is InChI=1S/C24H35N7O5S/c25-9-5-4-8-18(29-21(32)17(26)11-16-12-27-14-28-16)22(33)31-20(13-37)23(34)30-19(24(35)36)10-15-6-2-1-3-7-15/h1-3,6-7,12,14,17-20,37H,4-5,8-11,13,25-26H2,(H,27,28)(H,29,32)(H,30,34)(H,31,33)(H,35,36). The number of rotatable bonds is 16. The van der Waals surface area contributed by atoms with Crippen molar-refractivity contribution in [3.8, 4) is 0 Å². The van der Waals surface area contributed by atoms with Gasteiger partial charge in [-0.25, -0.2) is 9.78 Å². The molecule has 0 saturated carbocycles. The first kappa shape index (κ1) is 29.8. The van der Waals surface area contributed by atoms with Gasteiger partial charge >= 0.3 is 5.97 Å². The number of H-pyrrole nitrogens is 1. The van der Waals surface area contributed by atoms with Gasteiger partial charge in [-0.1, -0.05) is 30.3 Å². The number of unbranched alkanes of at least 4 members (excludes halogenated alkanes) is 1. The Morgan fingerprint density at radius 1 is 0.946 bits per heavy atom. The van der Waals surface area contributed by atoms with Crippen molar-refractivity contribution in [1.82, 2.24) is 25.9 Å². The molecular formula is C24H35N7O5S. The zero-order valence-electron chi connectivity index (χ0n) is 20.4.